The molecule has 10 heteroatoms. The van der Waals surface area contributed by atoms with Crippen molar-refractivity contribution in [2.45, 2.75) is 10.4 Å². The van der Waals surface area contributed by atoms with Crippen molar-refractivity contribution >= 4 is 33.3 Å². The van der Waals surface area contributed by atoms with Crippen LogP contribution < -0.4 is 10.9 Å². The van der Waals surface area contributed by atoms with Crippen LogP contribution in [0.15, 0.2) is 34.3 Å². The molecular formula is C10H10FN5O2S2. The van der Waals surface area contributed by atoms with Crippen molar-refractivity contribution in [3.05, 3.63) is 34.9 Å². The number of primary sulfonamides is 1. The van der Waals surface area contributed by atoms with Crippen LogP contribution in [0, 0.1) is 0 Å². The lowest BCUT2D eigenvalue weighted by Gasteiger charge is -2.19. The van der Waals surface area contributed by atoms with Gasteiger partial charge in [0.1, 0.15) is 11.2 Å². The highest BCUT2D eigenvalue weighted by Gasteiger charge is 2.42. The summed E-state index contributed by atoms with van der Waals surface area (Å²) in [7, 11) is -4.38. The SMILES string of the molecule is Nc1[nH]ncc1C1N=C2C=CC(F)(S(N)(=O)=O)C=C2S1. The lowest BCUT2D eigenvalue weighted by Crippen LogP contribution is -2.37. The van der Waals surface area contributed by atoms with E-state index in [9.17, 15) is 12.8 Å². The van der Waals surface area contributed by atoms with E-state index in [1.54, 1.807) is 0 Å². The number of fused-ring (bicyclic) bond motifs is 1. The quantitative estimate of drug-likeness (QED) is 0.736. The fourth-order valence-corrected chi connectivity index (χ4v) is 3.68. The van der Waals surface area contributed by atoms with Gasteiger partial charge in [0, 0.05) is 10.5 Å². The average Bonchev–Trinajstić information content (AvgIpc) is 2.92. The van der Waals surface area contributed by atoms with E-state index in [0.717, 1.165) is 12.2 Å². The predicted octanol–water partition coefficient (Wildman–Crippen LogP) is 0.586. The van der Waals surface area contributed by atoms with E-state index in [1.165, 1.54) is 24.0 Å². The van der Waals surface area contributed by atoms with Crippen molar-refractivity contribution in [1.29, 1.82) is 0 Å². The molecule has 7 nitrogen and oxygen atoms in total. The molecule has 1 aromatic rings. The third kappa shape index (κ3) is 1.96. The maximum atomic E-state index is 14.3. The first-order valence-corrected chi connectivity index (χ1v) is 7.90. The number of rotatable bonds is 2. The first-order chi connectivity index (χ1) is 9.30. The molecule has 106 valence electrons. The van der Waals surface area contributed by atoms with Crippen LogP contribution in [-0.4, -0.2) is 29.3 Å². The van der Waals surface area contributed by atoms with Crippen molar-refractivity contribution in [2.24, 2.45) is 10.1 Å². The number of nitrogens with two attached hydrogens (primary N) is 2. The Morgan fingerprint density at radius 2 is 2.25 bits per heavy atom. The molecule has 20 heavy (non-hydrogen) atoms. The van der Waals surface area contributed by atoms with E-state index in [1.807, 2.05) is 0 Å². The second-order valence-corrected chi connectivity index (χ2v) is 7.15. The molecular weight excluding hydrogens is 305 g/mol. The maximum Gasteiger partial charge on any atom is 0.262 e. The van der Waals surface area contributed by atoms with E-state index in [-0.39, 0.29) is 5.37 Å². The number of thioether (sulfide) groups is 1. The molecule has 0 amide bonds. The summed E-state index contributed by atoms with van der Waals surface area (Å²) in [6.45, 7) is 0. The Labute approximate surface area is 118 Å². The summed E-state index contributed by atoms with van der Waals surface area (Å²) in [6.07, 6.45) is 4.68. The summed E-state index contributed by atoms with van der Waals surface area (Å²) in [5.41, 5.74) is 6.86. The van der Waals surface area contributed by atoms with Crippen LogP contribution in [0.5, 0.6) is 0 Å². The Hall–Kier alpha value is -1.65. The van der Waals surface area contributed by atoms with Crippen molar-refractivity contribution in [3.63, 3.8) is 0 Å². The van der Waals surface area contributed by atoms with Gasteiger partial charge in [-0.1, -0.05) is 11.8 Å². The van der Waals surface area contributed by atoms with Gasteiger partial charge in [-0.2, -0.15) is 5.10 Å². The number of sulfonamides is 1. The monoisotopic (exact) mass is 315 g/mol. The zero-order valence-electron chi connectivity index (χ0n) is 9.95. The van der Waals surface area contributed by atoms with Gasteiger partial charge in [-0.25, -0.2) is 17.9 Å². The number of halogens is 1. The Kier molecular flexibility index (Phi) is 2.78. The summed E-state index contributed by atoms with van der Waals surface area (Å²) in [6, 6.07) is 0. The van der Waals surface area contributed by atoms with Gasteiger partial charge in [-0.05, 0) is 18.2 Å². The fourth-order valence-electron chi connectivity index (χ4n) is 1.86. The van der Waals surface area contributed by atoms with Crippen LogP contribution in [-0.2, 0) is 10.0 Å². The number of nitrogens with zero attached hydrogens (tertiary/aromatic N) is 2. The molecule has 1 aliphatic heterocycles. The zero-order chi connectivity index (χ0) is 14.5. The Bertz CT molecular complexity index is 766. The average molecular weight is 315 g/mol. The summed E-state index contributed by atoms with van der Waals surface area (Å²) in [5, 5.41) is 8.18. The van der Waals surface area contributed by atoms with Crippen LogP contribution in [0.2, 0.25) is 0 Å². The Morgan fingerprint density at radius 3 is 2.85 bits per heavy atom. The van der Waals surface area contributed by atoms with Crippen LogP contribution in [0.3, 0.4) is 0 Å². The molecule has 1 aliphatic carbocycles. The molecule has 0 saturated carbocycles. The number of nitrogen functional groups attached to an aromatic ring is 1. The smallest absolute Gasteiger partial charge is 0.262 e. The van der Waals surface area contributed by atoms with Crippen molar-refractivity contribution < 1.29 is 12.8 Å². The molecule has 0 spiro atoms. The normalized spacial score (nSPS) is 29.0. The Balaban J connectivity index is 1.98. The fraction of sp³-hybridized carbons (Fsp3) is 0.200. The lowest BCUT2D eigenvalue weighted by atomic mass is 10.1. The van der Waals surface area contributed by atoms with Crippen LogP contribution >= 0.6 is 11.8 Å². The van der Waals surface area contributed by atoms with Crippen LogP contribution in [0.1, 0.15) is 10.9 Å². The molecule has 0 aromatic carbocycles. The molecule has 2 heterocycles. The number of aromatic nitrogens is 2. The topological polar surface area (TPSA) is 127 Å². The minimum Gasteiger partial charge on any atom is -0.384 e. The van der Waals surface area contributed by atoms with Crippen molar-refractivity contribution in [2.75, 3.05) is 5.73 Å². The number of aliphatic imine (C=N–C) groups is 1. The molecule has 1 aromatic heterocycles. The minimum absolute atomic E-state index is 0.369. The second-order valence-electron chi connectivity index (χ2n) is 4.31. The number of nitrogens with one attached hydrogen (secondary N) is 1. The van der Waals surface area contributed by atoms with Crippen molar-refractivity contribution in [3.8, 4) is 0 Å². The highest BCUT2D eigenvalue weighted by molar-refractivity contribution is 8.04. The Morgan fingerprint density at radius 1 is 1.50 bits per heavy atom. The van der Waals surface area contributed by atoms with Crippen LogP contribution in [0.25, 0.3) is 0 Å². The van der Waals surface area contributed by atoms with Gasteiger partial charge >= 0.3 is 0 Å². The van der Waals surface area contributed by atoms with E-state index in [2.05, 4.69) is 15.2 Å². The van der Waals surface area contributed by atoms with E-state index >= 15 is 0 Å². The molecule has 0 saturated heterocycles. The molecule has 0 bridgehead atoms. The molecule has 3 rings (SSSR count). The molecule has 0 fully saturated rings. The number of allylic oxidation sites excluding steroid dienone is 2. The largest absolute Gasteiger partial charge is 0.384 e. The number of aromatic amines is 1. The third-order valence-corrected chi connectivity index (χ3v) is 5.24. The molecule has 5 N–H and O–H groups in total. The highest BCUT2D eigenvalue weighted by atomic mass is 32.2. The number of hydrogen-bond donors (Lipinski definition) is 3. The van der Waals surface area contributed by atoms with Gasteiger partial charge in [0.2, 0.25) is 0 Å². The number of hydrogen-bond acceptors (Lipinski definition) is 6. The summed E-state index contributed by atoms with van der Waals surface area (Å²) in [5.74, 6) is 0.369. The maximum absolute atomic E-state index is 14.3. The van der Waals surface area contributed by atoms with E-state index in [0.29, 0.717) is 22.0 Å². The molecule has 2 unspecified atom stereocenters. The van der Waals surface area contributed by atoms with Gasteiger partial charge in [0.05, 0.1) is 11.9 Å². The van der Waals surface area contributed by atoms with Crippen molar-refractivity contribution in [1.82, 2.24) is 10.2 Å². The first kappa shape index (κ1) is 13.3. The second kappa shape index (κ2) is 4.17. The van der Waals surface area contributed by atoms with E-state index < -0.39 is 15.0 Å². The molecule has 2 aliphatic rings. The lowest BCUT2D eigenvalue weighted by molar-refractivity contribution is 0.392. The highest BCUT2D eigenvalue weighted by Crippen LogP contribution is 2.47. The van der Waals surface area contributed by atoms with Crippen LogP contribution in [0.4, 0.5) is 10.2 Å². The van der Waals surface area contributed by atoms with Gasteiger partial charge in [-0.3, -0.25) is 10.1 Å². The molecule has 2 atom stereocenters. The predicted molar refractivity (Wildman–Crippen MR) is 74.9 cm³/mol. The van der Waals surface area contributed by atoms with Gasteiger partial charge in [-0.15, -0.1) is 0 Å². The van der Waals surface area contributed by atoms with Gasteiger partial charge < -0.3 is 5.73 Å². The van der Waals surface area contributed by atoms with Gasteiger partial charge in [0.25, 0.3) is 15.0 Å². The number of alkyl halides is 1. The number of anilines is 1. The zero-order valence-corrected chi connectivity index (χ0v) is 11.6. The van der Waals surface area contributed by atoms with E-state index in [4.69, 9.17) is 10.9 Å². The minimum atomic E-state index is -4.38. The third-order valence-electron chi connectivity index (χ3n) is 2.95. The number of H-pyrrole nitrogens is 1. The summed E-state index contributed by atoms with van der Waals surface area (Å²) < 4.78 is 36.8. The standard InChI is InChI=1S/C10H10FN5O2S2/c11-10(20(13,17)18)2-1-6-7(3-10)19-9(15-6)5-4-14-16-8(5)12/h1-4,9H,(H3,12,14,16)(H2,13,17,18). The summed E-state index contributed by atoms with van der Waals surface area (Å²) in [4.78, 5) is 4.75. The molecule has 0 radical (unpaired) electrons. The first-order valence-electron chi connectivity index (χ1n) is 5.47. The van der Waals surface area contributed by atoms with Gasteiger partial charge in [0.15, 0.2) is 0 Å². The summed E-state index contributed by atoms with van der Waals surface area (Å²) >= 11 is 1.19.